The highest BCUT2D eigenvalue weighted by Crippen LogP contribution is 2.30. The number of nitriles is 1. The van der Waals surface area contributed by atoms with E-state index in [4.69, 9.17) is 0 Å². The van der Waals surface area contributed by atoms with Crippen molar-refractivity contribution < 1.29 is 14.7 Å². The lowest BCUT2D eigenvalue weighted by atomic mass is 9.78. The van der Waals surface area contributed by atoms with Gasteiger partial charge in [-0.1, -0.05) is 30.8 Å². The Bertz CT molecular complexity index is 961. The second-order valence-electron chi connectivity index (χ2n) is 6.52. The molecule has 0 aliphatic heterocycles. The summed E-state index contributed by atoms with van der Waals surface area (Å²) >= 11 is 0. The van der Waals surface area contributed by atoms with Crippen molar-refractivity contribution in [2.24, 2.45) is 0 Å². The zero-order valence-corrected chi connectivity index (χ0v) is 14.7. The molecule has 27 heavy (non-hydrogen) atoms. The lowest BCUT2D eigenvalue weighted by Gasteiger charge is -2.33. The summed E-state index contributed by atoms with van der Waals surface area (Å²) in [5.41, 5.74) is 1.50. The Balaban J connectivity index is 1.84. The molecule has 1 aliphatic rings. The van der Waals surface area contributed by atoms with Crippen molar-refractivity contribution in [1.29, 1.82) is 5.26 Å². The minimum Gasteiger partial charge on any atom is -0.507 e. The van der Waals surface area contributed by atoms with Gasteiger partial charge in [-0.2, -0.15) is 5.26 Å². The van der Waals surface area contributed by atoms with E-state index in [1.165, 1.54) is 23.8 Å². The first-order valence-corrected chi connectivity index (χ1v) is 8.53. The third-order valence-corrected chi connectivity index (χ3v) is 4.69. The summed E-state index contributed by atoms with van der Waals surface area (Å²) in [6, 6.07) is 14.2. The zero-order chi connectivity index (χ0) is 19.4. The Labute approximate surface area is 157 Å². The van der Waals surface area contributed by atoms with Crippen LogP contribution in [0, 0.1) is 11.3 Å². The standard InChI is InChI=1S/C21H19N3O3/c1-2-19(26)23-16-7-8-18(25)17(11-16)20(27)24-21(13-22)10-9-14-5-3-4-6-15(14)12-21/h2-8,11,25H,1,9-10,12H2,(H,23,26)(H,24,27). The van der Waals surface area contributed by atoms with Crippen molar-refractivity contribution >= 4 is 17.5 Å². The Morgan fingerprint density at radius 2 is 1.96 bits per heavy atom. The third-order valence-electron chi connectivity index (χ3n) is 4.69. The molecule has 6 heteroatoms. The largest absolute Gasteiger partial charge is 0.507 e. The minimum atomic E-state index is -1.04. The summed E-state index contributed by atoms with van der Waals surface area (Å²) in [6.07, 6.45) is 2.68. The SMILES string of the molecule is C=CC(=O)Nc1ccc(O)c(C(=O)NC2(C#N)CCc3ccccc3C2)c1. The highest BCUT2D eigenvalue weighted by Gasteiger charge is 2.36. The molecule has 0 spiro atoms. The van der Waals surface area contributed by atoms with Crippen LogP contribution in [0.5, 0.6) is 5.75 Å². The second-order valence-corrected chi connectivity index (χ2v) is 6.52. The van der Waals surface area contributed by atoms with Gasteiger partial charge in [0.25, 0.3) is 5.91 Å². The number of rotatable bonds is 4. The van der Waals surface area contributed by atoms with Crippen LogP contribution in [0.15, 0.2) is 55.1 Å². The number of aromatic hydroxyl groups is 1. The average Bonchev–Trinajstić information content (AvgIpc) is 2.69. The lowest BCUT2D eigenvalue weighted by Crippen LogP contribution is -2.51. The van der Waals surface area contributed by atoms with Crippen molar-refractivity contribution in [3.05, 3.63) is 71.8 Å². The summed E-state index contributed by atoms with van der Waals surface area (Å²) in [5, 5.41) is 25.1. The molecule has 6 nitrogen and oxygen atoms in total. The van der Waals surface area contributed by atoms with Gasteiger partial charge < -0.3 is 15.7 Å². The highest BCUT2D eigenvalue weighted by atomic mass is 16.3. The first kappa shape index (κ1) is 18.2. The molecule has 136 valence electrons. The van der Waals surface area contributed by atoms with E-state index in [9.17, 15) is 20.0 Å². The number of benzene rings is 2. The Kier molecular flexibility index (Phi) is 4.95. The number of phenols is 1. The second kappa shape index (κ2) is 7.34. The van der Waals surface area contributed by atoms with E-state index in [2.05, 4.69) is 23.3 Å². The van der Waals surface area contributed by atoms with Crippen molar-refractivity contribution in [2.75, 3.05) is 5.32 Å². The number of nitrogens with one attached hydrogen (secondary N) is 2. The van der Waals surface area contributed by atoms with Crippen molar-refractivity contribution in [1.82, 2.24) is 5.32 Å². The van der Waals surface area contributed by atoms with Crippen LogP contribution in [0.3, 0.4) is 0 Å². The fourth-order valence-electron chi connectivity index (χ4n) is 3.24. The summed E-state index contributed by atoms with van der Waals surface area (Å²) in [7, 11) is 0. The fraction of sp³-hybridized carbons (Fsp3) is 0.190. The van der Waals surface area contributed by atoms with E-state index in [0.29, 0.717) is 24.9 Å². The van der Waals surface area contributed by atoms with E-state index in [-0.39, 0.29) is 11.3 Å². The van der Waals surface area contributed by atoms with E-state index in [1.54, 1.807) is 0 Å². The van der Waals surface area contributed by atoms with Gasteiger partial charge >= 0.3 is 0 Å². The maximum absolute atomic E-state index is 12.8. The molecule has 0 fully saturated rings. The van der Waals surface area contributed by atoms with E-state index < -0.39 is 17.4 Å². The molecule has 0 aromatic heterocycles. The molecular weight excluding hydrogens is 342 g/mol. The number of nitrogens with zero attached hydrogens (tertiary/aromatic N) is 1. The normalized spacial score (nSPS) is 17.9. The van der Waals surface area contributed by atoms with E-state index in [1.807, 2.05) is 24.3 Å². The van der Waals surface area contributed by atoms with Crippen LogP contribution in [0.25, 0.3) is 0 Å². The highest BCUT2D eigenvalue weighted by molar-refractivity contribution is 6.02. The molecule has 3 rings (SSSR count). The number of amides is 2. The van der Waals surface area contributed by atoms with Gasteiger partial charge in [-0.3, -0.25) is 9.59 Å². The molecule has 0 radical (unpaired) electrons. The number of carbonyl (C=O) groups is 2. The van der Waals surface area contributed by atoms with Gasteiger partial charge in [0.1, 0.15) is 11.3 Å². The van der Waals surface area contributed by atoms with Crippen molar-refractivity contribution in [3.63, 3.8) is 0 Å². The summed E-state index contributed by atoms with van der Waals surface area (Å²) in [4.78, 5) is 24.2. The smallest absolute Gasteiger partial charge is 0.256 e. The average molecular weight is 361 g/mol. The number of hydrogen-bond donors (Lipinski definition) is 3. The van der Waals surface area contributed by atoms with Crippen LogP contribution in [-0.4, -0.2) is 22.5 Å². The van der Waals surface area contributed by atoms with Crippen LogP contribution in [-0.2, 0) is 17.6 Å². The Morgan fingerprint density at radius 3 is 2.67 bits per heavy atom. The monoisotopic (exact) mass is 361 g/mol. The van der Waals surface area contributed by atoms with Gasteiger partial charge in [0, 0.05) is 12.1 Å². The predicted octanol–water partition coefficient (Wildman–Crippen LogP) is 2.70. The summed E-state index contributed by atoms with van der Waals surface area (Å²) in [5.74, 6) is -1.22. The van der Waals surface area contributed by atoms with Gasteiger partial charge in [-0.25, -0.2) is 0 Å². The van der Waals surface area contributed by atoms with Crippen LogP contribution in [0.4, 0.5) is 5.69 Å². The molecule has 1 aliphatic carbocycles. The quantitative estimate of drug-likeness (QED) is 0.575. The fourth-order valence-corrected chi connectivity index (χ4v) is 3.24. The molecule has 1 atom stereocenters. The Morgan fingerprint density at radius 1 is 1.22 bits per heavy atom. The molecule has 0 heterocycles. The topological polar surface area (TPSA) is 102 Å². The van der Waals surface area contributed by atoms with Gasteiger partial charge in [0.15, 0.2) is 0 Å². The van der Waals surface area contributed by atoms with Gasteiger partial charge in [-0.15, -0.1) is 0 Å². The number of aryl methyl sites for hydroxylation is 1. The lowest BCUT2D eigenvalue weighted by molar-refractivity contribution is -0.111. The zero-order valence-electron chi connectivity index (χ0n) is 14.7. The molecule has 1 unspecified atom stereocenters. The maximum Gasteiger partial charge on any atom is 0.256 e. The molecule has 0 saturated heterocycles. The molecule has 2 aromatic rings. The van der Waals surface area contributed by atoms with E-state index >= 15 is 0 Å². The summed E-state index contributed by atoms with van der Waals surface area (Å²) in [6.45, 7) is 3.37. The number of phenolic OH excluding ortho intramolecular Hbond substituents is 1. The number of carbonyl (C=O) groups excluding carboxylic acids is 2. The number of fused-ring (bicyclic) bond motifs is 1. The molecule has 2 aromatic carbocycles. The summed E-state index contributed by atoms with van der Waals surface area (Å²) < 4.78 is 0. The number of hydrogen-bond acceptors (Lipinski definition) is 4. The van der Waals surface area contributed by atoms with Crippen LogP contribution >= 0.6 is 0 Å². The van der Waals surface area contributed by atoms with Crippen molar-refractivity contribution in [2.45, 2.75) is 24.8 Å². The molecule has 0 saturated carbocycles. The van der Waals surface area contributed by atoms with Gasteiger partial charge in [0.2, 0.25) is 5.91 Å². The van der Waals surface area contributed by atoms with Crippen LogP contribution in [0.1, 0.15) is 27.9 Å². The molecule has 0 bridgehead atoms. The molecular formula is C21H19N3O3. The Hall–Kier alpha value is -3.59. The molecule has 2 amide bonds. The van der Waals surface area contributed by atoms with Crippen LogP contribution < -0.4 is 10.6 Å². The van der Waals surface area contributed by atoms with Crippen molar-refractivity contribution in [3.8, 4) is 11.8 Å². The minimum absolute atomic E-state index is 0.00894. The first-order valence-electron chi connectivity index (χ1n) is 8.53. The molecule has 3 N–H and O–H groups in total. The first-order chi connectivity index (χ1) is 13.0. The number of anilines is 1. The maximum atomic E-state index is 12.8. The van der Waals surface area contributed by atoms with Crippen LogP contribution in [0.2, 0.25) is 0 Å². The predicted molar refractivity (Wildman–Crippen MR) is 101 cm³/mol. The van der Waals surface area contributed by atoms with E-state index in [0.717, 1.165) is 11.6 Å². The van der Waals surface area contributed by atoms with Gasteiger partial charge in [0.05, 0.1) is 11.6 Å². The van der Waals surface area contributed by atoms with Gasteiger partial charge in [-0.05, 0) is 48.2 Å². The third kappa shape index (κ3) is 3.82.